The first-order valence-electron chi connectivity index (χ1n) is 9.07. The van der Waals surface area contributed by atoms with E-state index in [2.05, 4.69) is 16.7 Å². The molecule has 2 amide bonds. The molecule has 0 fully saturated rings. The Morgan fingerprint density at radius 3 is 2.53 bits per heavy atom. The summed E-state index contributed by atoms with van der Waals surface area (Å²) in [4.78, 5) is 24.5. The SMILES string of the molecule is N#CC1=C(SCC(=O)Nc2ccc(Cl)c(C(F)(F)F)c2)NC(=O)C[C@@H]1c1ccc(Cl)cc1. The topological polar surface area (TPSA) is 82.0 Å². The average Bonchev–Trinajstić information content (AvgIpc) is 2.73. The summed E-state index contributed by atoms with van der Waals surface area (Å²) in [5.74, 6) is -1.67. The van der Waals surface area contributed by atoms with Gasteiger partial charge in [-0.15, -0.1) is 0 Å². The van der Waals surface area contributed by atoms with Gasteiger partial charge in [0.15, 0.2) is 0 Å². The van der Waals surface area contributed by atoms with Crippen molar-refractivity contribution in [3.8, 4) is 6.07 Å². The molecule has 0 bridgehead atoms. The predicted molar refractivity (Wildman–Crippen MR) is 117 cm³/mol. The molecule has 0 aliphatic carbocycles. The first-order valence-corrected chi connectivity index (χ1v) is 10.8. The quantitative estimate of drug-likeness (QED) is 0.550. The van der Waals surface area contributed by atoms with Gasteiger partial charge in [-0.25, -0.2) is 0 Å². The minimum absolute atomic E-state index is 0.0613. The van der Waals surface area contributed by atoms with Crippen molar-refractivity contribution in [2.45, 2.75) is 18.5 Å². The lowest BCUT2D eigenvalue weighted by Crippen LogP contribution is -2.31. The number of carbonyl (C=O) groups excluding carboxylic acids is 2. The number of anilines is 1. The van der Waals surface area contributed by atoms with Gasteiger partial charge in [-0.3, -0.25) is 9.59 Å². The van der Waals surface area contributed by atoms with Gasteiger partial charge in [-0.2, -0.15) is 18.4 Å². The molecular weight excluding hydrogens is 486 g/mol. The van der Waals surface area contributed by atoms with Crippen LogP contribution in [-0.2, 0) is 15.8 Å². The molecule has 1 atom stereocenters. The van der Waals surface area contributed by atoms with Crippen LogP contribution in [0.3, 0.4) is 0 Å². The maximum Gasteiger partial charge on any atom is 0.417 e. The molecule has 2 aromatic carbocycles. The van der Waals surface area contributed by atoms with Crippen molar-refractivity contribution in [1.82, 2.24) is 5.32 Å². The van der Waals surface area contributed by atoms with E-state index >= 15 is 0 Å². The second kappa shape index (κ2) is 9.86. The number of nitriles is 1. The van der Waals surface area contributed by atoms with E-state index in [4.69, 9.17) is 23.2 Å². The summed E-state index contributed by atoms with van der Waals surface area (Å²) in [5, 5.41) is 14.9. The third kappa shape index (κ3) is 5.76. The van der Waals surface area contributed by atoms with E-state index in [1.54, 1.807) is 24.3 Å². The third-order valence-electron chi connectivity index (χ3n) is 4.53. The van der Waals surface area contributed by atoms with Gasteiger partial charge in [0, 0.05) is 23.0 Å². The number of hydrogen-bond acceptors (Lipinski definition) is 4. The van der Waals surface area contributed by atoms with Crippen molar-refractivity contribution in [3.63, 3.8) is 0 Å². The van der Waals surface area contributed by atoms with Crippen LogP contribution in [-0.4, -0.2) is 17.6 Å². The molecule has 1 aliphatic heterocycles. The summed E-state index contributed by atoms with van der Waals surface area (Å²) < 4.78 is 39.0. The molecule has 0 aromatic heterocycles. The number of benzene rings is 2. The number of alkyl halides is 3. The van der Waals surface area contributed by atoms with E-state index in [1.165, 1.54) is 6.07 Å². The molecule has 2 aromatic rings. The average molecular weight is 500 g/mol. The van der Waals surface area contributed by atoms with E-state index in [0.29, 0.717) is 5.02 Å². The first-order chi connectivity index (χ1) is 15.1. The van der Waals surface area contributed by atoms with Crippen LogP contribution in [0.5, 0.6) is 0 Å². The number of nitrogens with one attached hydrogen (secondary N) is 2. The molecule has 166 valence electrons. The number of halogens is 5. The Kier molecular flexibility index (Phi) is 7.39. The fourth-order valence-corrected chi connectivity index (χ4v) is 4.30. The molecule has 0 saturated heterocycles. The zero-order valence-electron chi connectivity index (χ0n) is 16.1. The first kappa shape index (κ1) is 24.0. The number of carbonyl (C=O) groups is 2. The van der Waals surface area contributed by atoms with Crippen molar-refractivity contribution in [2.75, 3.05) is 11.1 Å². The van der Waals surface area contributed by atoms with E-state index in [1.807, 2.05) is 0 Å². The van der Waals surface area contributed by atoms with E-state index in [0.717, 1.165) is 29.5 Å². The number of amides is 2. The molecule has 3 rings (SSSR count). The summed E-state index contributed by atoms with van der Waals surface area (Å²) in [6.45, 7) is 0. The monoisotopic (exact) mass is 499 g/mol. The van der Waals surface area contributed by atoms with Crippen LogP contribution in [0.25, 0.3) is 0 Å². The molecule has 1 aliphatic rings. The Labute approximate surface area is 195 Å². The summed E-state index contributed by atoms with van der Waals surface area (Å²) in [5.41, 5.74) is -0.127. The second-order valence-electron chi connectivity index (χ2n) is 6.74. The van der Waals surface area contributed by atoms with Crippen LogP contribution >= 0.6 is 35.0 Å². The van der Waals surface area contributed by atoms with Crippen LogP contribution in [0.15, 0.2) is 53.1 Å². The van der Waals surface area contributed by atoms with Gasteiger partial charge in [0.25, 0.3) is 0 Å². The molecule has 0 spiro atoms. The molecule has 0 saturated carbocycles. The summed E-state index contributed by atoms with van der Waals surface area (Å²) in [6, 6.07) is 11.9. The summed E-state index contributed by atoms with van der Waals surface area (Å²) in [6.07, 6.45) is -4.60. The number of rotatable bonds is 5. The zero-order valence-corrected chi connectivity index (χ0v) is 18.4. The van der Waals surface area contributed by atoms with Crippen LogP contribution < -0.4 is 10.6 Å². The number of nitrogens with zero attached hydrogens (tertiary/aromatic N) is 1. The fourth-order valence-electron chi connectivity index (χ4n) is 3.07. The molecular formula is C21H14Cl2F3N3O2S. The minimum Gasteiger partial charge on any atom is -0.325 e. The highest BCUT2D eigenvalue weighted by Gasteiger charge is 2.33. The smallest absolute Gasteiger partial charge is 0.325 e. The van der Waals surface area contributed by atoms with Gasteiger partial charge < -0.3 is 10.6 Å². The number of allylic oxidation sites excluding steroid dienone is 1. The van der Waals surface area contributed by atoms with Crippen LogP contribution in [0.2, 0.25) is 10.0 Å². The Hall–Kier alpha value is -2.67. The maximum atomic E-state index is 13.0. The normalized spacial score (nSPS) is 16.4. The van der Waals surface area contributed by atoms with Crippen molar-refractivity contribution < 1.29 is 22.8 Å². The van der Waals surface area contributed by atoms with Gasteiger partial charge in [-0.1, -0.05) is 47.1 Å². The lowest BCUT2D eigenvalue weighted by atomic mass is 9.87. The van der Waals surface area contributed by atoms with E-state index in [9.17, 15) is 28.0 Å². The van der Waals surface area contributed by atoms with Gasteiger partial charge in [0.05, 0.1) is 33.0 Å². The second-order valence-corrected chi connectivity index (χ2v) is 8.57. The summed E-state index contributed by atoms with van der Waals surface area (Å²) in [7, 11) is 0. The molecule has 5 nitrogen and oxygen atoms in total. The third-order valence-corrected chi connectivity index (χ3v) is 6.13. The van der Waals surface area contributed by atoms with Gasteiger partial charge >= 0.3 is 6.18 Å². The Morgan fingerprint density at radius 1 is 1.22 bits per heavy atom. The highest BCUT2D eigenvalue weighted by atomic mass is 35.5. The largest absolute Gasteiger partial charge is 0.417 e. The lowest BCUT2D eigenvalue weighted by molar-refractivity contribution is -0.137. The summed E-state index contributed by atoms with van der Waals surface area (Å²) >= 11 is 12.4. The van der Waals surface area contributed by atoms with E-state index in [-0.39, 0.29) is 34.4 Å². The minimum atomic E-state index is -4.66. The van der Waals surface area contributed by atoms with Crippen molar-refractivity contribution >= 4 is 52.5 Å². The van der Waals surface area contributed by atoms with Crippen LogP contribution in [0.1, 0.15) is 23.5 Å². The Morgan fingerprint density at radius 2 is 1.91 bits per heavy atom. The fraction of sp³-hybridized carbons (Fsp3) is 0.190. The van der Waals surface area contributed by atoms with Crippen molar-refractivity contribution in [3.05, 3.63) is 74.2 Å². The van der Waals surface area contributed by atoms with Crippen molar-refractivity contribution in [2.24, 2.45) is 0 Å². The van der Waals surface area contributed by atoms with Crippen LogP contribution in [0, 0.1) is 11.3 Å². The molecule has 32 heavy (non-hydrogen) atoms. The van der Waals surface area contributed by atoms with Crippen LogP contribution in [0.4, 0.5) is 18.9 Å². The lowest BCUT2D eigenvalue weighted by Gasteiger charge is -2.25. The zero-order chi connectivity index (χ0) is 23.5. The molecule has 1 heterocycles. The van der Waals surface area contributed by atoms with Gasteiger partial charge in [0.1, 0.15) is 0 Å². The molecule has 11 heteroatoms. The molecule has 0 radical (unpaired) electrons. The predicted octanol–water partition coefficient (Wildman–Crippen LogP) is 5.72. The van der Waals surface area contributed by atoms with Gasteiger partial charge in [0.2, 0.25) is 11.8 Å². The maximum absolute atomic E-state index is 13.0. The Bertz CT molecular complexity index is 1130. The van der Waals surface area contributed by atoms with Crippen molar-refractivity contribution in [1.29, 1.82) is 5.26 Å². The number of thioether (sulfide) groups is 1. The highest BCUT2D eigenvalue weighted by Crippen LogP contribution is 2.37. The van der Waals surface area contributed by atoms with E-state index < -0.39 is 28.6 Å². The Balaban J connectivity index is 1.74. The molecule has 0 unspecified atom stereocenters. The standard InChI is InChI=1S/C21H14Cl2F3N3O2S/c22-12-3-1-11(2-4-12)14-8-18(30)29-20(15(14)9-27)32-10-19(31)28-13-5-6-17(23)16(7-13)21(24,25)26/h1-7,14H,8,10H2,(H,28,31)(H,29,30)/t14-/m1/s1. The number of hydrogen-bond donors (Lipinski definition) is 2. The van der Waals surface area contributed by atoms with Gasteiger partial charge in [-0.05, 0) is 35.9 Å². The highest BCUT2D eigenvalue weighted by molar-refractivity contribution is 8.03. The molecule has 2 N–H and O–H groups in total.